The highest BCUT2D eigenvalue weighted by Crippen LogP contribution is 2.22. The molecular weight excluding hydrogens is 316 g/mol. The fourth-order valence-corrected chi connectivity index (χ4v) is 2.67. The Hall–Kier alpha value is -2.42. The zero-order valence-electron chi connectivity index (χ0n) is 12.7. The number of phenols is 1. The van der Waals surface area contributed by atoms with E-state index in [4.69, 9.17) is 4.52 Å². The van der Waals surface area contributed by atoms with Crippen LogP contribution in [0, 0.1) is 5.92 Å². The fourth-order valence-electron chi connectivity index (χ4n) is 1.93. The van der Waals surface area contributed by atoms with Gasteiger partial charge in [-0.3, -0.25) is 0 Å². The molecule has 0 aliphatic heterocycles. The Morgan fingerprint density at radius 2 is 2.04 bits per heavy atom. The standard InChI is InChI=1S/C14H16N6O2S/c1-9(2)7-13-15-12(17-22-13)8-23-14-16-18-19-20(14)10-3-5-11(21)6-4-10/h3-6,9,21H,7-8H2,1-2H3. The van der Waals surface area contributed by atoms with E-state index in [1.807, 2.05) is 0 Å². The summed E-state index contributed by atoms with van der Waals surface area (Å²) >= 11 is 1.42. The maximum Gasteiger partial charge on any atom is 0.226 e. The molecule has 0 unspecified atom stereocenters. The van der Waals surface area contributed by atoms with Gasteiger partial charge in [-0.15, -0.1) is 5.10 Å². The van der Waals surface area contributed by atoms with E-state index in [0.717, 1.165) is 12.1 Å². The van der Waals surface area contributed by atoms with Crippen LogP contribution >= 0.6 is 11.8 Å². The monoisotopic (exact) mass is 332 g/mol. The van der Waals surface area contributed by atoms with E-state index < -0.39 is 0 Å². The first-order chi connectivity index (χ1) is 11.1. The summed E-state index contributed by atoms with van der Waals surface area (Å²) < 4.78 is 6.81. The summed E-state index contributed by atoms with van der Waals surface area (Å²) in [7, 11) is 0. The van der Waals surface area contributed by atoms with Crippen LogP contribution in [-0.2, 0) is 12.2 Å². The van der Waals surface area contributed by atoms with Crippen molar-refractivity contribution in [2.24, 2.45) is 5.92 Å². The molecule has 3 aromatic rings. The number of nitrogens with zero attached hydrogens (tertiary/aromatic N) is 6. The van der Waals surface area contributed by atoms with Gasteiger partial charge < -0.3 is 9.63 Å². The van der Waals surface area contributed by atoms with E-state index in [0.29, 0.717) is 28.5 Å². The number of hydrogen-bond donors (Lipinski definition) is 1. The van der Waals surface area contributed by atoms with E-state index in [1.165, 1.54) is 11.8 Å². The van der Waals surface area contributed by atoms with Crippen molar-refractivity contribution in [2.45, 2.75) is 31.2 Å². The van der Waals surface area contributed by atoms with Crippen molar-refractivity contribution in [1.82, 2.24) is 30.3 Å². The summed E-state index contributed by atoms with van der Waals surface area (Å²) in [4.78, 5) is 4.35. The van der Waals surface area contributed by atoms with Gasteiger partial charge in [0, 0.05) is 6.42 Å². The van der Waals surface area contributed by atoms with E-state index in [1.54, 1.807) is 28.9 Å². The van der Waals surface area contributed by atoms with Gasteiger partial charge >= 0.3 is 0 Å². The van der Waals surface area contributed by atoms with Crippen molar-refractivity contribution in [2.75, 3.05) is 0 Å². The van der Waals surface area contributed by atoms with Crippen LogP contribution in [0.1, 0.15) is 25.6 Å². The number of aromatic nitrogens is 6. The minimum atomic E-state index is 0.195. The maximum absolute atomic E-state index is 9.35. The van der Waals surface area contributed by atoms with Gasteiger partial charge in [-0.2, -0.15) is 9.67 Å². The zero-order valence-corrected chi connectivity index (χ0v) is 13.6. The number of aromatic hydroxyl groups is 1. The van der Waals surface area contributed by atoms with Crippen molar-refractivity contribution in [1.29, 1.82) is 0 Å². The molecule has 0 atom stereocenters. The van der Waals surface area contributed by atoms with Crippen LogP contribution in [0.5, 0.6) is 5.75 Å². The number of tetrazole rings is 1. The fraction of sp³-hybridized carbons (Fsp3) is 0.357. The molecule has 0 saturated heterocycles. The zero-order chi connectivity index (χ0) is 16.2. The average molecular weight is 332 g/mol. The van der Waals surface area contributed by atoms with Gasteiger partial charge in [0.2, 0.25) is 11.0 Å². The predicted octanol–water partition coefficient (Wildman–Crippen LogP) is 2.24. The second kappa shape index (κ2) is 6.78. The molecule has 1 aromatic carbocycles. The SMILES string of the molecule is CC(C)Cc1nc(CSc2nnnn2-c2ccc(O)cc2)no1. The smallest absolute Gasteiger partial charge is 0.226 e. The summed E-state index contributed by atoms with van der Waals surface area (Å²) in [6, 6.07) is 6.65. The third-order valence-electron chi connectivity index (χ3n) is 2.96. The van der Waals surface area contributed by atoms with Crippen molar-refractivity contribution in [3.05, 3.63) is 36.0 Å². The van der Waals surface area contributed by atoms with Crippen LogP contribution in [0.3, 0.4) is 0 Å². The normalized spacial score (nSPS) is 11.3. The number of benzene rings is 1. The molecule has 120 valence electrons. The largest absolute Gasteiger partial charge is 0.508 e. The molecule has 0 saturated carbocycles. The van der Waals surface area contributed by atoms with Crippen LogP contribution in [0.15, 0.2) is 33.9 Å². The van der Waals surface area contributed by atoms with Crippen molar-refractivity contribution >= 4 is 11.8 Å². The van der Waals surface area contributed by atoms with Crippen LogP contribution in [-0.4, -0.2) is 35.5 Å². The van der Waals surface area contributed by atoms with Gasteiger partial charge in [0.25, 0.3) is 0 Å². The minimum absolute atomic E-state index is 0.195. The highest BCUT2D eigenvalue weighted by molar-refractivity contribution is 7.98. The third-order valence-corrected chi connectivity index (χ3v) is 3.87. The molecule has 1 N–H and O–H groups in total. The Morgan fingerprint density at radius 1 is 1.26 bits per heavy atom. The first-order valence-electron chi connectivity index (χ1n) is 7.14. The van der Waals surface area contributed by atoms with Crippen molar-refractivity contribution in [3.63, 3.8) is 0 Å². The lowest BCUT2D eigenvalue weighted by Gasteiger charge is -2.03. The topological polar surface area (TPSA) is 103 Å². The molecule has 0 amide bonds. The Morgan fingerprint density at radius 3 is 2.78 bits per heavy atom. The quantitative estimate of drug-likeness (QED) is 0.686. The summed E-state index contributed by atoms with van der Waals surface area (Å²) in [5.74, 6) is 2.44. The molecule has 2 heterocycles. The molecule has 0 fully saturated rings. The summed E-state index contributed by atoms with van der Waals surface area (Å²) in [5.41, 5.74) is 0.768. The number of rotatable bonds is 6. The maximum atomic E-state index is 9.35. The van der Waals surface area contributed by atoms with Crippen molar-refractivity contribution < 1.29 is 9.63 Å². The van der Waals surface area contributed by atoms with Crippen LogP contribution in [0.4, 0.5) is 0 Å². The van der Waals surface area contributed by atoms with E-state index >= 15 is 0 Å². The highest BCUT2D eigenvalue weighted by atomic mass is 32.2. The first-order valence-corrected chi connectivity index (χ1v) is 8.12. The lowest BCUT2D eigenvalue weighted by Crippen LogP contribution is -1.99. The molecule has 0 bridgehead atoms. The second-order valence-electron chi connectivity index (χ2n) is 5.38. The van der Waals surface area contributed by atoms with Crippen LogP contribution < -0.4 is 0 Å². The van der Waals surface area contributed by atoms with Gasteiger partial charge in [-0.1, -0.05) is 30.8 Å². The van der Waals surface area contributed by atoms with Gasteiger partial charge in [-0.05, 0) is 40.6 Å². The predicted molar refractivity (Wildman–Crippen MR) is 83.2 cm³/mol. The number of hydrogen-bond acceptors (Lipinski definition) is 8. The summed E-state index contributed by atoms with van der Waals surface area (Å²) in [6.45, 7) is 4.20. The molecule has 23 heavy (non-hydrogen) atoms. The molecule has 2 aromatic heterocycles. The third kappa shape index (κ3) is 3.86. The molecule has 0 aliphatic rings. The van der Waals surface area contributed by atoms with Gasteiger partial charge in [0.15, 0.2) is 5.82 Å². The average Bonchev–Trinajstić information content (AvgIpc) is 3.14. The van der Waals surface area contributed by atoms with Gasteiger partial charge in [0.1, 0.15) is 5.75 Å². The first kappa shape index (κ1) is 15.5. The molecular formula is C14H16N6O2S. The molecule has 0 spiro atoms. The van der Waals surface area contributed by atoms with Crippen LogP contribution in [0.25, 0.3) is 5.69 Å². The Labute approximate surface area is 136 Å². The van der Waals surface area contributed by atoms with Gasteiger partial charge in [-0.25, -0.2) is 0 Å². The summed E-state index contributed by atoms with van der Waals surface area (Å²) in [5, 5.41) is 25.6. The molecule has 8 nitrogen and oxygen atoms in total. The van der Waals surface area contributed by atoms with Gasteiger partial charge in [0.05, 0.1) is 11.4 Å². The molecule has 3 rings (SSSR count). The second-order valence-corrected chi connectivity index (χ2v) is 6.32. The molecule has 0 aliphatic carbocycles. The Balaban J connectivity index is 1.68. The van der Waals surface area contributed by atoms with Crippen molar-refractivity contribution in [3.8, 4) is 11.4 Å². The molecule has 0 radical (unpaired) electrons. The number of phenolic OH excluding ortho intramolecular Hbond substituents is 1. The highest BCUT2D eigenvalue weighted by Gasteiger charge is 2.13. The van der Waals surface area contributed by atoms with E-state index in [9.17, 15) is 5.11 Å². The Kier molecular flexibility index (Phi) is 4.56. The van der Waals surface area contributed by atoms with E-state index in [-0.39, 0.29) is 5.75 Å². The molecule has 9 heteroatoms. The van der Waals surface area contributed by atoms with E-state index in [2.05, 4.69) is 39.5 Å². The number of thioether (sulfide) groups is 1. The lowest BCUT2D eigenvalue weighted by molar-refractivity contribution is 0.360. The minimum Gasteiger partial charge on any atom is -0.508 e. The lowest BCUT2D eigenvalue weighted by atomic mass is 10.1. The Bertz CT molecular complexity index is 768. The van der Waals surface area contributed by atoms with Crippen LogP contribution in [0.2, 0.25) is 0 Å². The summed E-state index contributed by atoms with van der Waals surface area (Å²) in [6.07, 6.45) is 0.767.